The Hall–Kier alpha value is -1.73. The van der Waals surface area contributed by atoms with Crippen LogP contribution in [-0.4, -0.2) is 39.0 Å². The molecule has 8 heteroatoms. The van der Waals surface area contributed by atoms with Crippen molar-refractivity contribution in [2.75, 3.05) is 0 Å². The van der Waals surface area contributed by atoms with E-state index in [9.17, 15) is 18.0 Å². The summed E-state index contributed by atoms with van der Waals surface area (Å²) in [6.07, 6.45) is -2.32. The molecule has 1 N–H and O–H groups in total. The average Bonchev–Trinajstić information content (AvgIpc) is 3.15. The van der Waals surface area contributed by atoms with E-state index >= 15 is 0 Å². The number of aryl methyl sites for hydroxylation is 1. The highest BCUT2D eigenvalue weighted by Crippen LogP contribution is 2.30. The van der Waals surface area contributed by atoms with Gasteiger partial charge in [-0.15, -0.1) is 0 Å². The Bertz CT molecular complexity index is 603. The molecular formula is C16H25F3N4O. The van der Waals surface area contributed by atoms with E-state index in [1.54, 1.807) is 25.7 Å². The molecule has 5 nitrogen and oxygen atoms in total. The van der Waals surface area contributed by atoms with E-state index in [0.29, 0.717) is 17.0 Å². The zero-order chi connectivity index (χ0) is 18.2. The highest BCUT2D eigenvalue weighted by atomic mass is 19.4. The molecule has 0 bridgehead atoms. The maximum Gasteiger partial charge on any atom is 0.408 e. The number of halogens is 3. The van der Waals surface area contributed by atoms with Crippen LogP contribution >= 0.6 is 0 Å². The Kier molecular flexibility index (Phi) is 5.15. The number of nitrogens with zero attached hydrogens (tertiary/aromatic N) is 3. The van der Waals surface area contributed by atoms with Crippen LogP contribution in [0.3, 0.4) is 0 Å². The molecule has 0 aromatic carbocycles. The third-order valence-corrected chi connectivity index (χ3v) is 4.27. The maximum absolute atomic E-state index is 12.6. The zero-order valence-corrected chi connectivity index (χ0v) is 14.7. The highest BCUT2D eigenvalue weighted by Gasteiger charge is 2.35. The number of urea groups is 1. The van der Waals surface area contributed by atoms with Gasteiger partial charge in [-0.05, 0) is 47.5 Å². The van der Waals surface area contributed by atoms with Gasteiger partial charge in [0.1, 0.15) is 6.54 Å². The van der Waals surface area contributed by atoms with Gasteiger partial charge in [-0.25, -0.2) is 4.79 Å². The number of nitrogens with one attached hydrogen (secondary N) is 1. The summed E-state index contributed by atoms with van der Waals surface area (Å²) in [7, 11) is 0. The number of rotatable bonds is 5. The van der Waals surface area contributed by atoms with Gasteiger partial charge >= 0.3 is 12.2 Å². The summed E-state index contributed by atoms with van der Waals surface area (Å²) >= 11 is 0. The van der Waals surface area contributed by atoms with Gasteiger partial charge in [-0.1, -0.05) is 0 Å². The molecule has 1 aliphatic carbocycles. The number of hydrogen-bond donors (Lipinski definition) is 1. The van der Waals surface area contributed by atoms with E-state index in [1.807, 2.05) is 13.8 Å². The first-order valence-electron chi connectivity index (χ1n) is 8.20. The molecule has 2 amide bonds. The molecule has 1 aromatic rings. The van der Waals surface area contributed by atoms with Gasteiger partial charge in [0.2, 0.25) is 0 Å². The standard InChI is InChI=1S/C16H25F3N4O/c1-9(2)23(13-6-7-13)15(24)20-10(3)14-11(4)21-22(12(14)5)8-16(17,18)19/h9-10,13H,6-8H2,1-5H3,(H,20,24). The Morgan fingerprint density at radius 3 is 2.38 bits per heavy atom. The third kappa shape index (κ3) is 4.21. The summed E-state index contributed by atoms with van der Waals surface area (Å²) in [6.45, 7) is 7.84. The van der Waals surface area contributed by atoms with E-state index in [2.05, 4.69) is 10.4 Å². The fraction of sp³-hybridized carbons (Fsp3) is 0.750. The molecule has 0 saturated heterocycles. The summed E-state index contributed by atoms with van der Waals surface area (Å²) < 4.78 is 38.8. The molecule has 1 aromatic heterocycles. The summed E-state index contributed by atoms with van der Waals surface area (Å²) in [5, 5.41) is 6.89. The minimum Gasteiger partial charge on any atom is -0.331 e. The van der Waals surface area contributed by atoms with E-state index in [0.717, 1.165) is 17.5 Å². The van der Waals surface area contributed by atoms with Crippen LogP contribution < -0.4 is 5.32 Å². The van der Waals surface area contributed by atoms with Crippen molar-refractivity contribution in [3.63, 3.8) is 0 Å². The van der Waals surface area contributed by atoms with Crippen molar-refractivity contribution in [2.24, 2.45) is 0 Å². The molecule has 24 heavy (non-hydrogen) atoms. The first-order chi connectivity index (χ1) is 11.0. The second kappa shape index (κ2) is 6.64. The van der Waals surface area contributed by atoms with Crippen molar-refractivity contribution >= 4 is 6.03 Å². The predicted octanol–water partition coefficient (Wildman–Crippen LogP) is 3.71. The highest BCUT2D eigenvalue weighted by molar-refractivity contribution is 5.75. The second-order valence-corrected chi connectivity index (χ2v) is 6.76. The number of carbonyl (C=O) groups excluding carboxylic acids is 1. The van der Waals surface area contributed by atoms with Crippen LogP contribution in [0.15, 0.2) is 0 Å². The van der Waals surface area contributed by atoms with Crippen molar-refractivity contribution in [3.05, 3.63) is 17.0 Å². The van der Waals surface area contributed by atoms with E-state index in [4.69, 9.17) is 0 Å². The van der Waals surface area contributed by atoms with Crippen molar-refractivity contribution in [3.8, 4) is 0 Å². The maximum atomic E-state index is 12.6. The smallest absolute Gasteiger partial charge is 0.331 e. The Balaban J connectivity index is 2.14. The van der Waals surface area contributed by atoms with Crippen molar-refractivity contribution in [1.82, 2.24) is 20.0 Å². The minimum absolute atomic E-state index is 0.0832. The second-order valence-electron chi connectivity index (χ2n) is 6.76. The van der Waals surface area contributed by atoms with E-state index < -0.39 is 18.8 Å². The first-order valence-corrected chi connectivity index (χ1v) is 8.20. The topological polar surface area (TPSA) is 50.2 Å². The van der Waals surface area contributed by atoms with Gasteiger partial charge in [0, 0.05) is 23.3 Å². The Labute approximate surface area is 140 Å². The van der Waals surface area contributed by atoms with Crippen LogP contribution in [0.25, 0.3) is 0 Å². The molecule has 0 aliphatic heterocycles. The third-order valence-electron chi connectivity index (χ3n) is 4.27. The lowest BCUT2D eigenvalue weighted by Crippen LogP contribution is -2.46. The van der Waals surface area contributed by atoms with Crippen LogP contribution in [0.1, 0.15) is 56.6 Å². The normalized spacial score (nSPS) is 16.4. The lowest BCUT2D eigenvalue weighted by Gasteiger charge is -2.28. The van der Waals surface area contributed by atoms with Gasteiger partial charge in [-0.3, -0.25) is 4.68 Å². The minimum atomic E-state index is -4.33. The summed E-state index contributed by atoms with van der Waals surface area (Å²) in [5.74, 6) is 0. The average molecular weight is 346 g/mol. The zero-order valence-electron chi connectivity index (χ0n) is 14.7. The molecule has 1 fully saturated rings. The molecule has 0 radical (unpaired) electrons. The van der Waals surface area contributed by atoms with Crippen molar-refractivity contribution < 1.29 is 18.0 Å². The monoisotopic (exact) mass is 346 g/mol. The molecule has 2 rings (SSSR count). The SMILES string of the molecule is Cc1nn(CC(F)(F)F)c(C)c1C(C)NC(=O)N(C(C)C)C1CC1. The molecule has 1 atom stereocenters. The molecule has 136 valence electrons. The Morgan fingerprint density at radius 1 is 1.33 bits per heavy atom. The molecule has 0 spiro atoms. The van der Waals surface area contributed by atoms with Crippen LogP contribution in [0.5, 0.6) is 0 Å². The van der Waals surface area contributed by atoms with Gasteiger partial charge in [0.25, 0.3) is 0 Å². The molecule has 1 aliphatic rings. The molecule has 1 unspecified atom stereocenters. The lowest BCUT2D eigenvalue weighted by atomic mass is 10.1. The van der Waals surface area contributed by atoms with E-state index in [1.165, 1.54) is 0 Å². The lowest BCUT2D eigenvalue weighted by molar-refractivity contribution is -0.143. The quantitative estimate of drug-likeness (QED) is 0.884. The van der Waals surface area contributed by atoms with Crippen molar-refractivity contribution in [1.29, 1.82) is 0 Å². The van der Waals surface area contributed by atoms with Crippen molar-refractivity contribution in [2.45, 2.75) is 78.3 Å². The fourth-order valence-corrected chi connectivity index (χ4v) is 3.17. The van der Waals surface area contributed by atoms with Crippen LogP contribution in [0.2, 0.25) is 0 Å². The van der Waals surface area contributed by atoms with Crippen LogP contribution in [-0.2, 0) is 6.54 Å². The molecule has 1 saturated carbocycles. The number of amides is 2. The van der Waals surface area contributed by atoms with Gasteiger partial charge in [0.15, 0.2) is 0 Å². The van der Waals surface area contributed by atoms with Gasteiger partial charge in [0.05, 0.1) is 11.7 Å². The summed E-state index contributed by atoms with van der Waals surface area (Å²) in [4.78, 5) is 14.3. The Morgan fingerprint density at radius 2 is 1.92 bits per heavy atom. The largest absolute Gasteiger partial charge is 0.408 e. The number of carbonyl (C=O) groups is 1. The van der Waals surface area contributed by atoms with E-state index in [-0.39, 0.29) is 18.1 Å². The van der Waals surface area contributed by atoms with Gasteiger partial charge < -0.3 is 10.2 Å². The molecule has 1 heterocycles. The molecular weight excluding hydrogens is 321 g/mol. The number of hydrogen-bond acceptors (Lipinski definition) is 2. The fourth-order valence-electron chi connectivity index (χ4n) is 3.17. The summed E-state index contributed by atoms with van der Waals surface area (Å²) in [5.41, 5.74) is 1.58. The number of alkyl halides is 3. The van der Waals surface area contributed by atoms with Crippen LogP contribution in [0, 0.1) is 13.8 Å². The van der Waals surface area contributed by atoms with Crippen LogP contribution in [0.4, 0.5) is 18.0 Å². The predicted molar refractivity (Wildman–Crippen MR) is 84.7 cm³/mol. The summed E-state index contributed by atoms with van der Waals surface area (Å²) in [6, 6.07) is -0.228. The first kappa shape index (κ1) is 18.6. The van der Waals surface area contributed by atoms with Gasteiger partial charge in [-0.2, -0.15) is 18.3 Å². The number of aromatic nitrogens is 2.